The Kier molecular flexibility index (Phi) is 2.43. The molecule has 3 aromatic rings. The molecule has 0 bridgehead atoms. The zero-order chi connectivity index (χ0) is 14.4. The van der Waals surface area contributed by atoms with E-state index in [0.29, 0.717) is 5.56 Å². The molecule has 0 saturated heterocycles. The number of benzene rings is 3. The van der Waals surface area contributed by atoms with E-state index in [0.717, 1.165) is 21.9 Å². The van der Waals surface area contributed by atoms with E-state index < -0.39 is 5.60 Å². The second-order valence-electron chi connectivity index (χ2n) is 5.50. The maximum absolute atomic E-state index is 12.2. The fraction of sp³-hybridized carbons (Fsp3) is 0.105. The van der Waals surface area contributed by atoms with Crippen LogP contribution in [0.25, 0.3) is 10.8 Å². The van der Waals surface area contributed by atoms with Crippen molar-refractivity contribution < 1.29 is 9.53 Å². The molecule has 3 aromatic carbocycles. The third kappa shape index (κ3) is 1.62. The summed E-state index contributed by atoms with van der Waals surface area (Å²) in [7, 11) is 0. The molecule has 0 saturated carbocycles. The summed E-state index contributed by atoms with van der Waals surface area (Å²) in [5.41, 5.74) is 1.90. The van der Waals surface area contributed by atoms with Crippen LogP contribution in [0.4, 0.5) is 0 Å². The lowest BCUT2D eigenvalue weighted by molar-refractivity contribution is 0.0185. The van der Waals surface area contributed by atoms with E-state index in [9.17, 15) is 4.79 Å². The summed E-state index contributed by atoms with van der Waals surface area (Å²) in [4.78, 5) is 12.2. The number of cyclic esters (lactones) is 1. The minimum atomic E-state index is -0.728. The van der Waals surface area contributed by atoms with Crippen molar-refractivity contribution in [1.29, 1.82) is 0 Å². The number of hydrogen-bond acceptors (Lipinski definition) is 2. The molecule has 0 spiro atoms. The Morgan fingerprint density at radius 2 is 1.48 bits per heavy atom. The van der Waals surface area contributed by atoms with Crippen molar-refractivity contribution in [2.75, 3.05) is 0 Å². The number of hydrogen-bond donors (Lipinski definition) is 0. The monoisotopic (exact) mass is 274 g/mol. The Morgan fingerprint density at radius 1 is 0.810 bits per heavy atom. The molecule has 0 fully saturated rings. The smallest absolute Gasteiger partial charge is 0.339 e. The number of fused-ring (bicyclic) bond motifs is 2. The van der Waals surface area contributed by atoms with Crippen LogP contribution >= 0.6 is 0 Å². The van der Waals surface area contributed by atoms with Gasteiger partial charge in [-0.3, -0.25) is 0 Å². The second kappa shape index (κ2) is 4.19. The van der Waals surface area contributed by atoms with Crippen LogP contribution in [0.2, 0.25) is 0 Å². The molecule has 1 unspecified atom stereocenters. The first-order chi connectivity index (χ1) is 10.2. The van der Waals surface area contributed by atoms with Crippen LogP contribution < -0.4 is 0 Å². The normalized spacial score (nSPS) is 20.3. The molecular weight excluding hydrogens is 260 g/mol. The molecule has 2 heteroatoms. The van der Waals surface area contributed by atoms with Crippen LogP contribution in [-0.2, 0) is 10.3 Å². The SMILES string of the molecule is CC1(c2cccc3ccccc23)OC(=O)c2ccccc21. The largest absolute Gasteiger partial charge is 0.446 e. The first-order valence-corrected chi connectivity index (χ1v) is 7.01. The third-order valence-corrected chi connectivity index (χ3v) is 4.26. The lowest BCUT2D eigenvalue weighted by Crippen LogP contribution is -2.23. The van der Waals surface area contributed by atoms with Crippen LogP contribution in [0.1, 0.15) is 28.4 Å². The summed E-state index contributed by atoms with van der Waals surface area (Å²) in [5.74, 6) is -0.249. The maximum atomic E-state index is 12.2. The van der Waals surface area contributed by atoms with Crippen LogP contribution in [0, 0.1) is 0 Å². The van der Waals surface area contributed by atoms with Gasteiger partial charge >= 0.3 is 5.97 Å². The van der Waals surface area contributed by atoms with Crippen molar-refractivity contribution in [1.82, 2.24) is 0 Å². The van der Waals surface area contributed by atoms with Gasteiger partial charge in [0.25, 0.3) is 0 Å². The molecule has 0 N–H and O–H groups in total. The highest BCUT2D eigenvalue weighted by atomic mass is 16.6. The van der Waals surface area contributed by atoms with Crippen LogP contribution in [0.5, 0.6) is 0 Å². The predicted molar refractivity (Wildman–Crippen MR) is 82.3 cm³/mol. The van der Waals surface area contributed by atoms with Crippen molar-refractivity contribution in [3.8, 4) is 0 Å². The molecule has 1 aliphatic rings. The van der Waals surface area contributed by atoms with E-state index in [2.05, 4.69) is 18.2 Å². The van der Waals surface area contributed by atoms with Gasteiger partial charge in [0.15, 0.2) is 5.60 Å². The van der Waals surface area contributed by atoms with Crippen molar-refractivity contribution in [2.24, 2.45) is 0 Å². The van der Waals surface area contributed by atoms with E-state index in [-0.39, 0.29) is 5.97 Å². The van der Waals surface area contributed by atoms with E-state index in [1.807, 2.05) is 55.5 Å². The van der Waals surface area contributed by atoms with Gasteiger partial charge in [-0.05, 0) is 23.8 Å². The topological polar surface area (TPSA) is 26.3 Å². The molecule has 1 heterocycles. The van der Waals surface area contributed by atoms with Gasteiger partial charge in [-0.15, -0.1) is 0 Å². The van der Waals surface area contributed by atoms with E-state index in [4.69, 9.17) is 4.74 Å². The molecule has 0 amide bonds. The average molecular weight is 274 g/mol. The standard InChI is InChI=1S/C19H14O2/c1-19(17-11-5-4-10-15(17)18(20)21-19)16-12-6-8-13-7-2-3-9-14(13)16/h2-12H,1H3. The van der Waals surface area contributed by atoms with Crippen molar-refractivity contribution in [3.63, 3.8) is 0 Å². The van der Waals surface area contributed by atoms with Crippen LogP contribution in [0.3, 0.4) is 0 Å². The summed E-state index contributed by atoms with van der Waals surface area (Å²) < 4.78 is 5.77. The third-order valence-electron chi connectivity index (χ3n) is 4.26. The predicted octanol–water partition coefficient (Wildman–Crippen LogP) is 4.27. The number of carbonyl (C=O) groups is 1. The van der Waals surface area contributed by atoms with Crippen LogP contribution in [-0.4, -0.2) is 5.97 Å². The molecule has 102 valence electrons. The number of carbonyl (C=O) groups excluding carboxylic acids is 1. The molecular formula is C19H14O2. The van der Waals surface area contributed by atoms with Gasteiger partial charge < -0.3 is 4.74 Å². The van der Waals surface area contributed by atoms with Gasteiger partial charge in [-0.1, -0.05) is 60.7 Å². The Balaban J connectivity index is 2.03. The quantitative estimate of drug-likeness (QED) is 0.619. The van der Waals surface area contributed by atoms with E-state index in [1.54, 1.807) is 0 Å². The van der Waals surface area contributed by atoms with Crippen molar-refractivity contribution in [2.45, 2.75) is 12.5 Å². The minimum Gasteiger partial charge on any atom is -0.446 e. The summed E-state index contributed by atoms with van der Waals surface area (Å²) in [6.45, 7) is 1.97. The van der Waals surface area contributed by atoms with Crippen molar-refractivity contribution >= 4 is 16.7 Å². The summed E-state index contributed by atoms with van der Waals surface area (Å²) in [6.07, 6.45) is 0. The van der Waals surface area contributed by atoms with Gasteiger partial charge in [0.05, 0.1) is 5.56 Å². The Bertz CT molecular complexity index is 861. The first-order valence-electron chi connectivity index (χ1n) is 7.01. The minimum absolute atomic E-state index is 0.249. The summed E-state index contributed by atoms with van der Waals surface area (Å²) >= 11 is 0. The van der Waals surface area contributed by atoms with Gasteiger partial charge in [-0.25, -0.2) is 4.79 Å². The fourth-order valence-corrected chi connectivity index (χ4v) is 3.21. The molecule has 2 nitrogen and oxygen atoms in total. The van der Waals surface area contributed by atoms with Gasteiger partial charge in [0, 0.05) is 11.1 Å². The Labute approximate surface area is 123 Å². The zero-order valence-electron chi connectivity index (χ0n) is 11.7. The average Bonchev–Trinajstić information content (AvgIpc) is 2.80. The lowest BCUT2D eigenvalue weighted by Gasteiger charge is -2.26. The highest BCUT2D eigenvalue weighted by Crippen LogP contribution is 2.43. The van der Waals surface area contributed by atoms with Gasteiger partial charge in [0.1, 0.15) is 0 Å². The van der Waals surface area contributed by atoms with Gasteiger partial charge in [0.2, 0.25) is 0 Å². The van der Waals surface area contributed by atoms with Crippen LogP contribution in [0.15, 0.2) is 66.7 Å². The summed E-state index contributed by atoms with van der Waals surface area (Å²) in [6, 6.07) is 21.9. The molecule has 0 aromatic heterocycles. The van der Waals surface area contributed by atoms with Gasteiger partial charge in [-0.2, -0.15) is 0 Å². The fourth-order valence-electron chi connectivity index (χ4n) is 3.21. The second-order valence-corrected chi connectivity index (χ2v) is 5.50. The highest BCUT2D eigenvalue weighted by molar-refractivity contribution is 5.97. The first kappa shape index (κ1) is 12.2. The molecule has 0 radical (unpaired) electrons. The molecule has 0 aliphatic carbocycles. The Hall–Kier alpha value is -2.61. The lowest BCUT2D eigenvalue weighted by atomic mass is 9.84. The van der Waals surface area contributed by atoms with E-state index >= 15 is 0 Å². The molecule has 1 atom stereocenters. The highest BCUT2D eigenvalue weighted by Gasteiger charge is 2.43. The van der Waals surface area contributed by atoms with E-state index in [1.165, 1.54) is 0 Å². The molecule has 4 rings (SSSR count). The molecule has 21 heavy (non-hydrogen) atoms. The number of ether oxygens (including phenoxy) is 1. The number of esters is 1. The number of rotatable bonds is 1. The molecule has 1 aliphatic heterocycles. The Morgan fingerprint density at radius 3 is 2.38 bits per heavy atom. The zero-order valence-corrected chi connectivity index (χ0v) is 11.7. The van der Waals surface area contributed by atoms with Crippen molar-refractivity contribution in [3.05, 3.63) is 83.4 Å². The maximum Gasteiger partial charge on any atom is 0.339 e. The summed E-state index contributed by atoms with van der Waals surface area (Å²) in [5, 5.41) is 2.27.